The smallest absolute Gasteiger partial charge is 0.266 e. The van der Waals surface area contributed by atoms with Crippen LogP contribution in [0.2, 0.25) is 0 Å². The van der Waals surface area contributed by atoms with E-state index in [9.17, 15) is 10.1 Å². The summed E-state index contributed by atoms with van der Waals surface area (Å²) in [5, 5.41) is 16.8. The zero-order chi connectivity index (χ0) is 18.0. The monoisotopic (exact) mass is 334 g/mol. The maximum atomic E-state index is 12.6. The van der Waals surface area contributed by atoms with Gasteiger partial charge in [-0.25, -0.2) is 0 Å². The first-order chi connectivity index (χ1) is 12.0. The van der Waals surface area contributed by atoms with Crippen molar-refractivity contribution in [2.24, 2.45) is 7.05 Å². The second kappa shape index (κ2) is 6.94. The van der Waals surface area contributed by atoms with Crippen molar-refractivity contribution < 1.29 is 4.79 Å². The number of nitrogens with zero attached hydrogens (tertiary/aromatic N) is 3. The normalized spacial score (nSPS) is 14.7. The van der Waals surface area contributed by atoms with Crippen molar-refractivity contribution in [1.82, 2.24) is 9.78 Å². The molecule has 2 aromatic rings. The van der Waals surface area contributed by atoms with Gasteiger partial charge in [-0.1, -0.05) is 18.6 Å². The number of nitrogens with one attached hydrogen (secondary N) is 1. The highest BCUT2D eigenvalue weighted by Crippen LogP contribution is 2.37. The fourth-order valence-corrected chi connectivity index (χ4v) is 3.01. The third kappa shape index (κ3) is 3.48. The molecule has 1 heterocycles. The summed E-state index contributed by atoms with van der Waals surface area (Å²) in [6.07, 6.45) is 6.97. The van der Waals surface area contributed by atoms with Gasteiger partial charge in [0.15, 0.2) is 0 Å². The molecule has 1 aromatic carbocycles. The molecule has 0 saturated heterocycles. The quantitative estimate of drug-likeness (QED) is 0.682. The van der Waals surface area contributed by atoms with Crippen LogP contribution in [0.4, 0.5) is 5.69 Å². The predicted octanol–water partition coefficient (Wildman–Crippen LogP) is 3.85. The number of carbonyl (C=O) groups excluding carboxylic acids is 1. The predicted molar refractivity (Wildman–Crippen MR) is 97.9 cm³/mol. The van der Waals surface area contributed by atoms with Crippen LogP contribution in [0.5, 0.6) is 0 Å². The molecule has 0 unspecified atom stereocenters. The van der Waals surface area contributed by atoms with E-state index in [1.54, 1.807) is 10.8 Å². The summed E-state index contributed by atoms with van der Waals surface area (Å²) in [6, 6.07) is 7.76. The van der Waals surface area contributed by atoms with Gasteiger partial charge in [0.25, 0.3) is 5.91 Å². The Labute approximate surface area is 148 Å². The van der Waals surface area contributed by atoms with Crippen LogP contribution in [-0.4, -0.2) is 15.7 Å². The molecule has 0 radical (unpaired) electrons. The van der Waals surface area contributed by atoms with E-state index in [-0.39, 0.29) is 11.5 Å². The highest BCUT2D eigenvalue weighted by molar-refractivity contribution is 6.10. The molecule has 1 N–H and O–H groups in total. The van der Waals surface area contributed by atoms with Crippen molar-refractivity contribution in [2.75, 3.05) is 5.32 Å². The van der Waals surface area contributed by atoms with Gasteiger partial charge in [-0.05, 0) is 50.0 Å². The minimum atomic E-state index is -0.389. The molecule has 3 rings (SSSR count). The van der Waals surface area contributed by atoms with Crippen LogP contribution in [0.15, 0.2) is 30.0 Å². The number of aryl methyl sites for hydroxylation is 2. The van der Waals surface area contributed by atoms with E-state index in [1.807, 2.05) is 51.4 Å². The summed E-state index contributed by atoms with van der Waals surface area (Å²) < 4.78 is 1.75. The summed E-state index contributed by atoms with van der Waals surface area (Å²) in [5.41, 5.74) is 4.77. The third-order valence-electron chi connectivity index (χ3n) is 4.90. The molecule has 1 aliphatic carbocycles. The molecule has 0 atom stereocenters. The highest BCUT2D eigenvalue weighted by atomic mass is 16.1. The topological polar surface area (TPSA) is 70.7 Å². The van der Waals surface area contributed by atoms with E-state index < -0.39 is 0 Å². The average Bonchev–Trinajstić information content (AvgIpc) is 2.87. The lowest BCUT2D eigenvalue weighted by Crippen LogP contribution is -2.15. The number of hydrogen-bond acceptors (Lipinski definition) is 3. The van der Waals surface area contributed by atoms with E-state index in [1.165, 1.54) is 6.42 Å². The van der Waals surface area contributed by atoms with Crippen molar-refractivity contribution in [1.29, 1.82) is 5.26 Å². The molecule has 1 aromatic heterocycles. The second-order valence-corrected chi connectivity index (χ2v) is 6.64. The Morgan fingerprint density at radius 1 is 1.40 bits per heavy atom. The van der Waals surface area contributed by atoms with E-state index in [0.717, 1.165) is 40.9 Å². The molecule has 1 aliphatic rings. The van der Waals surface area contributed by atoms with Crippen LogP contribution in [-0.2, 0) is 11.8 Å². The van der Waals surface area contributed by atoms with Crippen molar-refractivity contribution in [3.8, 4) is 6.07 Å². The number of hydrogen-bond donors (Lipinski definition) is 1. The van der Waals surface area contributed by atoms with E-state index in [4.69, 9.17) is 0 Å². The van der Waals surface area contributed by atoms with Crippen molar-refractivity contribution in [3.63, 3.8) is 0 Å². The lowest BCUT2D eigenvalue weighted by atomic mass is 9.81. The first kappa shape index (κ1) is 17.0. The molecule has 5 nitrogen and oxygen atoms in total. The number of nitriles is 1. The van der Waals surface area contributed by atoms with Gasteiger partial charge in [0, 0.05) is 30.4 Å². The van der Waals surface area contributed by atoms with Crippen LogP contribution in [0, 0.1) is 25.2 Å². The largest absolute Gasteiger partial charge is 0.321 e. The van der Waals surface area contributed by atoms with Crippen molar-refractivity contribution in [3.05, 3.63) is 52.4 Å². The molecule has 0 bridgehead atoms. The number of benzene rings is 1. The summed E-state index contributed by atoms with van der Waals surface area (Å²) in [4.78, 5) is 12.6. The van der Waals surface area contributed by atoms with Crippen molar-refractivity contribution >= 4 is 17.7 Å². The van der Waals surface area contributed by atoms with E-state index in [0.29, 0.717) is 5.92 Å². The van der Waals surface area contributed by atoms with Gasteiger partial charge >= 0.3 is 0 Å². The van der Waals surface area contributed by atoms with E-state index in [2.05, 4.69) is 10.4 Å². The number of anilines is 1. The Morgan fingerprint density at radius 2 is 2.16 bits per heavy atom. The first-order valence-corrected chi connectivity index (χ1v) is 8.52. The van der Waals surface area contributed by atoms with Gasteiger partial charge < -0.3 is 5.32 Å². The van der Waals surface area contributed by atoms with Crippen LogP contribution in [0.3, 0.4) is 0 Å². The van der Waals surface area contributed by atoms with Gasteiger partial charge in [-0.3, -0.25) is 9.48 Å². The Bertz CT molecular complexity index is 882. The van der Waals surface area contributed by atoms with Gasteiger partial charge in [0.05, 0.1) is 5.69 Å². The fraction of sp³-hybridized carbons (Fsp3) is 0.350. The average molecular weight is 334 g/mol. The number of carbonyl (C=O) groups is 1. The molecule has 0 aliphatic heterocycles. The molecular formula is C20H22N4O. The number of aromatic nitrogens is 2. The maximum Gasteiger partial charge on any atom is 0.266 e. The van der Waals surface area contributed by atoms with E-state index >= 15 is 0 Å². The lowest BCUT2D eigenvalue weighted by molar-refractivity contribution is -0.112. The van der Waals surface area contributed by atoms with Gasteiger partial charge in [0.1, 0.15) is 11.6 Å². The van der Waals surface area contributed by atoms with Crippen molar-refractivity contribution in [2.45, 2.75) is 39.0 Å². The van der Waals surface area contributed by atoms with Crippen LogP contribution < -0.4 is 5.32 Å². The zero-order valence-corrected chi connectivity index (χ0v) is 14.8. The Kier molecular flexibility index (Phi) is 4.71. The molecule has 0 spiro atoms. The molecule has 1 saturated carbocycles. The number of amides is 1. The van der Waals surface area contributed by atoms with Gasteiger partial charge in [-0.2, -0.15) is 10.4 Å². The summed E-state index contributed by atoms with van der Waals surface area (Å²) in [7, 11) is 1.86. The van der Waals surface area contributed by atoms with Gasteiger partial charge in [0.2, 0.25) is 0 Å². The minimum Gasteiger partial charge on any atom is -0.321 e. The third-order valence-corrected chi connectivity index (χ3v) is 4.90. The van der Waals surface area contributed by atoms with Gasteiger partial charge in [-0.15, -0.1) is 0 Å². The molecule has 1 amide bonds. The molecular weight excluding hydrogens is 312 g/mol. The fourth-order valence-electron chi connectivity index (χ4n) is 3.01. The summed E-state index contributed by atoms with van der Waals surface area (Å²) in [5.74, 6) is 0.0501. The Hall–Kier alpha value is -2.87. The second-order valence-electron chi connectivity index (χ2n) is 6.64. The van der Waals surface area contributed by atoms with Crippen LogP contribution in [0.1, 0.15) is 47.6 Å². The summed E-state index contributed by atoms with van der Waals surface area (Å²) in [6.45, 7) is 3.95. The standard InChI is InChI=1S/C20H22N4O/c1-13-6-4-9-18(14(13)2)22-20(25)16(11-21)10-17-12-24(3)23-19(17)15-7-5-8-15/h4,6,9-10,12,15H,5,7-8H2,1-3H3,(H,22,25)/b16-10+. The summed E-state index contributed by atoms with van der Waals surface area (Å²) >= 11 is 0. The Morgan fingerprint density at radius 3 is 2.80 bits per heavy atom. The zero-order valence-electron chi connectivity index (χ0n) is 14.8. The maximum absolute atomic E-state index is 12.6. The number of rotatable bonds is 4. The lowest BCUT2D eigenvalue weighted by Gasteiger charge is -2.24. The molecule has 128 valence electrons. The first-order valence-electron chi connectivity index (χ1n) is 8.52. The Balaban J connectivity index is 1.87. The molecule has 25 heavy (non-hydrogen) atoms. The molecule has 1 fully saturated rings. The SMILES string of the molecule is Cc1cccc(NC(=O)/C(C#N)=C/c2cn(C)nc2C2CCC2)c1C. The minimum absolute atomic E-state index is 0.0921. The molecule has 5 heteroatoms. The van der Waals surface area contributed by atoms with Crippen LogP contribution in [0.25, 0.3) is 6.08 Å². The van der Waals surface area contributed by atoms with Crippen LogP contribution >= 0.6 is 0 Å². The highest BCUT2D eigenvalue weighted by Gasteiger charge is 2.25.